The second-order valence-corrected chi connectivity index (χ2v) is 14.9. The highest BCUT2D eigenvalue weighted by atomic mass is 35.5. The lowest BCUT2D eigenvalue weighted by Gasteiger charge is -2.61. The van der Waals surface area contributed by atoms with E-state index in [9.17, 15) is 19.5 Å². The van der Waals surface area contributed by atoms with Crippen LogP contribution in [0, 0.1) is 41.4 Å². The summed E-state index contributed by atoms with van der Waals surface area (Å²) in [4.78, 5) is 39.1. The van der Waals surface area contributed by atoms with Gasteiger partial charge in [-0.3, -0.25) is 14.4 Å². The van der Waals surface area contributed by atoms with Gasteiger partial charge >= 0.3 is 11.9 Å². The van der Waals surface area contributed by atoms with E-state index in [4.69, 9.17) is 26.2 Å². The number of fused-ring (bicyclic) bond motifs is 6. The smallest absolute Gasteiger partial charge is 0.306 e. The van der Waals surface area contributed by atoms with Crippen LogP contribution in [0.1, 0.15) is 83.5 Å². The molecule has 1 aromatic heterocycles. The number of carbonyl (C=O) groups excluding carboxylic acids is 3. The Kier molecular flexibility index (Phi) is 8.09. The Labute approximate surface area is 270 Å². The van der Waals surface area contributed by atoms with Crippen molar-refractivity contribution in [2.24, 2.45) is 34.5 Å². The maximum Gasteiger partial charge on any atom is 0.306 e. The fraction of sp³-hybridized carbons (Fsp3) is 0.611. The van der Waals surface area contributed by atoms with Gasteiger partial charge in [0.25, 0.3) is 0 Å². The van der Waals surface area contributed by atoms with Gasteiger partial charge in [-0.25, -0.2) is 4.68 Å². The zero-order valence-electron chi connectivity index (χ0n) is 27.1. The van der Waals surface area contributed by atoms with Gasteiger partial charge in [0.1, 0.15) is 0 Å². The predicted molar refractivity (Wildman–Crippen MR) is 171 cm³/mol. The van der Waals surface area contributed by atoms with Gasteiger partial charge in [0.2, 0.25) is 5.78 Å². The van der Waals surface area contributed by atoms with E-state index < -0.39 is 41.4 Å². The van der Waals surface area contributed by atoms with Crippen LogP contribution < -0.4 is 0 Å². The van der Waals surface area contributed by atoms with Crippen LogP contribution in [0.4, 0.5) is 0 Å². The normalized spacial score (nSPS) is 36.6. The number of hydrogen-bond acceptors (Lipinski definition) is 7. The number of esters is 2. The molecular weight excluding hydrogens is 592 g/mol. The first kappa shape index (κ1) is 32.0. The summed E-state index contributed by atoms with van der Waals surface area (Å²) in [5.74, 6) is -2.11. The molecule has 3 saturated carbocycles. The third kappa shape index (κ3) is 4.72. The van der Waals surface area contributed by atoms with Gasteiger partial charge in [0.05, 0.1) is 23.7 Å². The van der Waals surface area contributed by atoms with E-state index in [0.29, 0.717) is 12.8 Å². The summed E-state index contributed by atoms with van der Waals surface area (Å²) in [6, 6.07) is 8.31. The van der Waals surface area contributed by atoms with Crippen molar-refractivity contribution in [3.8, 4) is 5.69 Å². The molecule has 0 bridgehead atoms. The van der Waals surface area contributed by atoms with Crippen molar-refractivity contribution in [1.29, 1.82) is 0 Å². The van der Waals surface area contributed by atoms with Crippen molar-refractivity contribution in [1.82, 2.24) is 9.78 Å². The van der Waals surface area contributed by atoms with Crippen molar-refractivity contribution in [3.63, 3.8) is 0 Å². The van der Waals surface area contributed by atoms with Crippen LogP contribution in [0.25, 0.3) is 11.8 Å². The number of Topliss-reactive ketones (excluding diaryl/α,β-unsaturated/α-hetero) is 1. The van der Waals surface area contributed by atoms with Gasteiger partial charge in [0.15, 0.2) is 12.2 Å². The zero-order chi connectivity index (χ0) is 32.5. The summed E-state index contributed by atoms with van der Waals surface area (Å²) in [6.07, 6.45) is 5.88. The standard InChI is InChI=1S/C36H45ClN2O6/c1-7-30(42)44-19-29(41)36(45-31(43)8-2)21(4)13-25-32-26(37)14-23-15-27-22(18-38-39(27)24-11-9-20(3)10-12-24)16-34(23,5)33(32)28(40)17-35(25,36)6/h9-12,15,18,21,25-26,28,32-33,40H,7-8,13-14,16-17,19H2,1-6H3/t21-,25+,26-,28+,32-,33+,34+,35+,36?/m1/s1. The van der Waals surface area contributed by atoms with Crippen LogP contribution in [0.2, 0.25) is 0 Å². The van der Waals surface area contributed by atoms with Crippen LogP contribution in [0.5, 0.6) is 0 Å². The fourth-order valence-electron chi connectivity index (χ4n) is 9.78. The second-order valence-electron chi connectivity index (χ2n) is 14.3. The molecule has 9 heteroatoms. The largest absolute Gasteiger partial charge is 0.457 e. The molecule has 4 aliphatic rings. The minimum absolute atomic E-state index is 0.0889. The number of carbonyl (C=O) groups is 3. The first-order valence-electron chi connectivity index (χ1n) is 16.4. The maximum atomic E-state index is 14.1. The third-order valence-electron chi connectivity index (χ3n) is 11.9. The number of rotatable bonds is 7. The Morgan fingerprint density at radius 2 is 1.80 bits per heavy atom. The molecule has 9 atom stereocenters. The van der Waals surface area contributed by atoms with Crippen LogP contribution in [0.3, 0.4) is 0 Å². The zero-order valence-corrected chi connectivity index (χ0v) is 27.9. The lowest BCUT2D eigenvalue weighted by Crippen LogP contribution is -2.66. The minimum atomic E-state index is -1.53. The molecule has 2 aromatic rings. The topological polar surface area (TPSA) is 108 Å². The highest BCUT2D eigenvalue weighted by Gasteiger charge is 2.74. The molecule has 0 amide bonds. The Balaban J connectivity index is 1.39. The van der Waals surface area contributed by atoms with E-state index in [1.807, 2.05) is 24.7 Å². The molecule has 0 spiro atoms. The summed E-state index contributed by atoms with van der Waals surface area (Å²) >= 11 is 7.38. The van der Waals surface area contributed by atoms with E-state index >= 15 is 0 Å². The highest BCUT2D eigenvalue weighted by molar-refractivity contribution is 6.21. The number of aliphatic hydroxyl groups excluding tert-OH is 1. The van der Waals surface area contributed by atoms with E-state index in [-0.39, 0.29) is 53.7 Å². The first-order valence-corrected chi connectivity index (χ1v) is 16.8. The predicted octanol–water partition coefficient (Wildman–Crippen LogP) is 6.01. The molecule has 242 valence electrons. The number of alkyl halides is 1. The van der Waals surface area contributed by atoms with Gasteiger partial charge < -0.3 is 14.6 Å². The van der Waals surface area contributed by atoms with E-state index in [1.54, 1.807) is 13.8 Å². The third-order valence-corrected chi connectivity index (χ3v) is 12.3. The van der Waals surface area contributed by atoms with Gasteiger partial charge in [-0.05, 0) is 79.5 Å². The van der Waals surface area contributed by atoms with Crippen LogP contribution >= 0.6 is 11.6 Å². The minimum Gasteiger partial charge on any atom is -0.457 e. The molecule has 4 aliphatic carbocycles. The fourth-order valence-corrected chi connectivity index (χ4v) is 10.3. The molecule has 0 saturated heterocycles. The Hall–Kier alpha value is -2.97. The van der Waals surface area contributed by atoms with Crippen LogP contribution in [-0.2, 0) is 30.3 Å². The number of allylic oxidation sites excluding steroid dienone is 1. The summed E-state index contributed by atoms with van der Waals surface area (Å²) < 4.78 is 13.5. The number of halogens is 1. The summed E-state index contributed by atoms with van der Waals surface area (Å²) in [5, 5.41) is 16.7. The Bertz CT molecular complexity index is 1550. The average Bonchev–Trinajstić information content (AvgIpc) is 3.50. The Morgan fingerprint density at radius 3 is 2.47 bits per heavy atom. The first-order chi connectivity index (χ1) is 21.3. The molecule has 3 fully saturated rings. The van der Waals surface area contributed by atoms with Crippen LogP contribution in [0.15, 0.2) is 36.0 Å². The number of benzene rings is 1. The molecule has 6 rings (SSSR count). The lowest BCUT2D eigenvalue weighted by molar-refractivity contribution is -0.207. The molecule has 1 N–H and O–H groups in total. The number of ether oxygens (including phenoxy) is 2. The quantitative estimate of drug-likeness (QED) is 0.293. The SMILES string of the molecule is CCC(=O)OCC(=O)C1(OC(=O)CC)[C@H](C)C[C@H]2[C@H]3[C@H]([C@@H](O)C[C@@]21C)[C@@]1(C)Cc2cnn(-c4ccc(C)cc4)c2C=C1C[C@H]3Cl. The van der Waals surface area contributed by atoms with E-state index in [1.165, 1.54) is 11.1 Å². The average molecular weight is 637 g/mol. The summed E-state index contributed by atoms with van der Waals surface area (Å²) in [6.45, 7) is 11.1. The highest BCUT2D eigenvalue weighted by Crippen LogP contribution is 2.70. The number of nitrogens with zero attached hydrogens (tertiary/aromatic N) is 2. The van der Waals surface area contributed by atoms with Gasteiger partial charge in [-0.2, -0.15) is 5.10 Å². The van der Waals surface area contributed by atoms with Gasteiger partial charge in [0, 0.05) is 29.6 Å². The lowest BCUT2D eigenvalue weighted by atomic mass is 9.45. The van der Waals surface area contributed by atoms with Crippen molar-refractivity contribution in [2.45, 2.75) is 97.1 Å². The van der Waals surface area contributed by atoms with Crippen molar-refractivity contribution < 1.29 is 29.0 Å². The monoisotopic (exact) mass is 636 g/mol. The van der Waals surface area contributed by atoms with Crippen molar-refractivity contribution >= 4 is 35.4 Å². The molecular formula is C36H45ClN2O6. The maximum absolute atomic E-state index is 14.1. The number of aliphatic hydroxyl groups is 1. The van der Waals surface area contributed by atoms with Gasteiger partial charge in [-0.1, -0.05) is 57.9 Å². The number of aromatic nitrogens is 2. The van der Waals surface area contributed by atoms with Crippen molar-refractivity contribution in [2.75, 3.05) is 6.61 Å². The molecule has 1 heterocycles. The van der Waals surface area contributed by atoms with Crippen LogP contribution in [-0.4, -0.2) is 56.3 Å². The molecule has 8 nitrogen and oxygen atoms in total. The van der Waals surface area contributed by atoms with Gasteiger partial charge in [-0.15, -0.1) is 11.6 Å². The summed E-state index contributed by atoms with van der Waals surface area (Å²) in [5.41, 5.74) is 2.79. The number of hydrogen-bond donors (Lipinski definition) is 1. The number of ketones is 1. The van der Waals surface area contributed by atoms with E-state index in [0.717, 1.165) is 23.4 Å². The molecule has 0 radical (unpaired) electrons. The molecule has 1 aromatic carbocycles. The summed E-state index contributed by atoms with van der Waals surface area (Å²) in [7, 11) is 0. The Morgan fingerprint density at radius 1 is 1.11 bits per heavy atom. The molecule has 0 aliphatic heterocycles. The van der Waals surface area contributed by atoms with E-state index in [2.05, 4.69) is 44.2 Å². The number of aryl methyl sites for hydroxylation is 1. The molecule has 1 unspecified atom stereocenters. The molecule has 45 heavy (non-hydrogen) atoms. The van der Waals surface area contributed by atoms with Crippen molar-refractivity contribution in [3.05, 3.63) is 52.9 Å². The second kappa shape index (κ2) is 11.4.